The molecule has 37 heavy (non-hydrogen) atoms. The summed E-state index contributed by atoms with van der Waals surface area (Å²) in [7, 11) is 0. The number of thiophene rings is 1. The molecule has 1 unspecified atom stereocenters. The van der Waals surface area contributed by atoms with Gasteiger partial charge in [0.25, 0.3) is 5.69 Å². The Labute approximate surface area is 220 Å². The number of benzene rings is 1. The summed E-state index contributed by atoms with van der Waals surface area (Å²) >= 11 is 1.56. The number of nitrogens with zero attached hydrogens (tertiary/aromatic N) is 2. The van der Waals surface area contributed by atoms with Crippen molar-refractivity contribution in [2.75, 3.05) is 11.5 Å². The van der Waals surface area contributed by atoms with Crippen LogP contribution in [0, 0.1) is 15.5 Å². The maximum Gasteiger partial charge on any atom is 0.338 e. The van der Waals surface area contributed by atoms with Gasteiger partial charge in [-0.3, -0.25) is 19.8 Å². The lowest BCUT2D eigenvalue weighted by molar-refractivity contribution is -0.384. The second kappa shape index (κ2) is 9.45. The Morgan fingerprint density at radius 2 is 1.95 bits per heavy atom. The Morgan fingerprint density at radius 3 is 2.54 bits per heavy atom. The normalized spacial score (nSPS) is 19.7. The van der Waals surface area contributed by atoms with Crippen LogP contribution >= 0.6 is 11.3 Å². The van der Waals surface area contributed by atoms with Crippen LogP contribution in [-0.2, 0) is 19.7 Å². The molecule has 2 heterocycles. The van der Waals surface area contributed by atoms with Crippen LogP contribution in [0.2, 0.25) is 0 Å². The average molecular weight is 524 g/mol. The van der Waals surface area contributed by atoms with Crippen molar-refractivity contribution < 1.29 is 19.2 Å². The van der Waals surface area contributed by atoms with Gasteiger partial charge >= 0.3 is 5.97 Å². The molecule has 0 saturated carbocycles. The highest BCUT2D eigenvalue weighted by Gasteiger charge is 2.47. The summed E-state index contributed by atoms with van der Waals surface area (Å²) in [6, 6.07) is 10.1. The van der Waals surface area contributed by atoms with Gasteiger partial charge in [0.05, 0.1) is 28.7 Å². The predicted molar refractivity (Wildman–Crippen MR) is 144 cm³/mol. The molecule has 4 rings (SSSR count). The van der Waals surface area contributed by atoms with Crippen LogP contribution in [0.25, 0.3) is 0 Å². The van der Waals surface area contributed by atoms with Gasteiger partial charge in [-0.15, -0.1) is 11.3 Å². The molecule has 1 aromatic carbocycles. The summed E-state index contributed by atoms with van der Waals surface area (Å²) in [5.74, 6) is -1.21. The van der Waals surface area contributed by atoms with Gasteiger partial charge in [0.2, 0.25) is 0 Å². The van der Waals surface area contributed by atoms with Gasteiger partial charge in [-0.25, -0.2) is 4.79 Å². The van der Waals surface area contributed by atoms with Crippen LogP contribution in [0.3, 0.4) is 0 Å². The van der Waals surface area contributed by atoms with E-state index < -0.39 is 16.8 Å². The van der Waals surface area contributed by atoms with Crippen molar-refractivity contribution in [2.24, 2.45) is 11.1 Å². The summed E-state index contributed by atoms with van der Waals surface area (Å²) in [5, 5.41) is 11.5. The number of nitro groups is 1. The minimum absolute atomic E-state index is 0.0633. The Bertz CT molecular complexity index is 1350. The molecule has 2 aromatic rings. The minimum atomic E-state index is -0.673. The standard InChI is InChI=1S/C28H33N3O5S/c1-7-36-26(33)24-23(20-11-12-21(37-20)27(2,3)4)22-18(14-28(5,6)15-19(22)32)30(25(24)29)16-9-8-10-17(13-16)31(34)35/h8-13,23H,7,14-15,29H2,1-6H3. The second-order valence-electron chi connectivity index (χ2n) is 11.3. The third-order valence-electron chi connectivity index (χ3n) is 6.71. The number of carbonyl (C=O) groups excluding carboxylic acids is 2. The van der Waals surface area contributed by atoms with Crippen LogP contribution in [0.15, 0.2) is 59.1 Å². The van der Waals surface area contributed by atoms with Gasteiger partial charge in [-0.2, -0.15) is 0 Å². The van der Waals surface area contributed by atoms with Gasteiger partial charge in [-0.05, 0) is 42.4 Å². The molecule has 8 nitrogen and oxygen atoms in total. The van der Waals surface area contributed by atoms with E-state index in [-0.39, 0.29) is 40.3 Å². The first-order valence-electron chi connectivity index (χ1n) is 12.3. The highest BCUT2D eigenvalue weighted by atomic mass is 32.1. The van der Waals surface area contributed by atoms with Crippen LogP contribution < -0.4 is 10.6 Å². The molecule has 0 amide bonds. The first kappa shape index (κ1) is 26.6. The van der Waals surface area contributed by atoms with Crippen LogP contribution in [0.1, 0.15) is 70.1 Å². The lowest BCUT2D eigenvalue weighted by Gasteiger charge is -2.44. The van der Waals surface area contributed by atoms with E-state index in [1.54, 1.807) is 35.3 Å². The molecule has 1 atom stereocenters. The van der Waals surface area contributed by atoms with E-state index in [1.807, 2.05) is 26.0 Å². The molecule has 1 aliphatic heterocycles. The Hall–Kier alpha value is -3.46. The predicted octanol–water partition coefficient (Wildman–Crippen LogP) is 5.93. The zero-order chi connectivity index (χ0) is 27.3. The van der Waals surface area contributed by atoms with E-state index in [0.29, 0.717) is 29.8 Å². The molecule has 9 heteroatoms. The highest BCUT2D eigenvalue weighted by molar-refractivity contribution is 7.12. The van der Waals surface area contributed by atoms with Crippen molar-refractivity contribution in [1.29, 1.82) is 0 Å². The summed E-state index contributed by atoms with van der Waals surface area (Å²) < 4.78 is 5.44. The van der Waals surface area contributed by atoms with Crippen molar-refractivity contribution in [3.05, 3.63) is 78.9 Å². The maximum absolute atomic E-state index is 13.8. The van der Waals surface area contributed by atoms with Crippen molar-refractivity contribution in [3.63, 3.8) is 0 Å². The number of hydrogen-bond acceptors (Lipinski definition) is 8. The van der Waals surface area contributed by atoms with Crippen LogP contribution in [0.4, 0.5) is 11.4 Å². The molecule has 2 aliphatic rings. The second-order valence-corrected chi connectivity index (χ2v) is 12.4. The Kier molecular flexibility index (Phi) is 6.79. The van der Waals surface area contributed by atoms with E-state index in [4.69, 9.17) is 10.5 Å². The topological polar surface area (TPSA) is 116 Å². The van der Waals surface area contributed by atoms with Crippen molar-refractivity contribution in [2.45, 2.75) is 65.7 Å². The third kappa shape index (κ3) is 4.92. The van der Waals surface area contributed by atoms with Crippen molar-refractivity contribution in [3.8, 4) is 0 Å². The number of hydrogen-bond donors (Lipinski definition) is 1. The molecule has 2 N–H and O–H groups in total. The minimum Gasteiger partial charge on any atom is -0.463 e. The Balaban J connectivity index is 2.02. The summed E-state index contributed by atoms with van der Waals surface area (Å²) in [4.78, 5) is 41.9. The molecule has 0 bridgehead atoms. The first-order valence-corrected chi connectivity index (χ1v) is 13.1. The zero-order valence-corrected chi connectivity index (χ0v) is 22.9. The van der Waals surface area contributed by atoms with E-state index in [9.17, 15) is 19.7 Å². The number of rotatable bonds is 5. The van der Waals surface area contributed by atoms with Crippen molar-refractivity contribution >= 4 is 34.5 Å². The first-order chi connectivity index (χ1) is 17.2. The third-order valence-corrected chi connectivity index (χ3v) is 8.28. The van der Waals surface area contributed by atoms with Gasteiger partial charge in [0.15, 0.2) is 5.78 Å². The lowest BCUT2D eigenvalue weighted by atomic mass is 9.69. The molecule has 0 spiro atoms. The monoisotopic (exact) mass is 523 g/mol. The molecule has 196 valence electrons. The number of Topliss-reactive ketones (excluding diaryl/α,β-unsaturated/α-hetero) is 1. The SMILES string of the molecule is CCOC(=O)C1=C(N)N(c2cccc([N+](=O)[O-])c2)C2=C(C(=O)CC(C)(C)C2)C1c1ccc(C(C)(C)C)s1. The van der Waals surface area contributed by atoms with Gasteiger partial charge in [0.1, 0.15) is 5.82 Å². The number of allylic oxidation sites excluding steroid dienone is 2. The van der Waals surface area contributed by atoms with Gasteiger partial charge in [-0.1, -0.05) is 40.7 Å². The molecule has 1 aliphatic carbocycles. The van der Waals surface area contributed by atoms with E-state index in [0.717, 1.165) is 9.75 Å². The van der Waals surface area contributed by atoms with E-state index >= 15 is 0 Å². The smallest absolute Gasteiger partial charge is 0.338 e. The maximum atomic E-state index is 13.8. The number of ketones is 1. The number of nitrogens with two attached hydrogens (primary N) is 1. The van der Waals surface area contributed by atoms with Crippen LogP contribution in [0.5, 0.6) is 0 Å². The number of non-ortho nitro benzene ring substituents is 1. The number of esters is 1. The lowest BCUT2D eigenvalue weighted by Crippen LogP contribution is -2.43. The van der Waals surface area contributed by atoms with Crippen LogP contribution in [-0.4, -0.2) is 23.3 Å². The van der Waals surface area contributed by atoms with E-state index in [2.05, 4.69) is 20.8 Å². The number of anilines is 1. The fourth-order valence-electron chi connectivity index (χ4n) is 5.05. The molecule has 0 fully saturated rings. The molecular formula is C28H33N3O5S. The highest BCUT2D eigenvalue weighted by Crippen LogP contribution is 2.52. The summed E-state index contributed by atoms with van der Waals surface area (Å²) in [6.45, 7) is 12.2. The average Bonchev–Trinajstić information content (AvgIpc) is 3.28. The Morgan fingerprint density at radius 1 is 1.24 bits per heavy atom. The largest absolute Gasteiger partial charge is 0.463 e. The molecule has 0 radical (unpaired) electrons. The number of carbonyl (C=O) groups is 2. The number of ether oxygens (including phenoxy) is 1. The van der Waals surface area contributed by atoms with Crippen molar-refractivity contribution in [1.82, 2.24) is 0 Å². The zero-order valence-electron chi connectivity index (χ0n) is 22.1. The molecular weight excluding hydrogens is 490 g/mol. The summed E-state index contributed by atoms with van der Waals surface area (Å²) in [5.41, 5.74) is 7.98. The fourth-order valence-corrected chi connectivity index (χ4v) is 6.24. The molecule has 1 aromatic heterocycles. The molecule has 0 saturated heterocycles. The van der Waals surface area contributed by atoms with Gasteiger partial charge < -0.3 is 10.5 Å². The summed E-state index contributed by atoms with van der Waals surface area (Å²) in [6.07, 6.45) is 0.834. The quantitative estimate of drug-likeness (QED) is 0.293. The van der Waals surface area contributed by atoms with Gasteiger partial charge in [0, 0.05) is 39.6 Å². The van der Waals surface area contributed by atoms with E-state index in [1.165, 1.54) is 12.1 Å². The number of nitro benzene ring substituents is 1. The fraction of sp³-hybridized carbons (Fsp3) is 0.429.